The monoisotopic (exact) mass is 487 g/mol. The van der Waals surface area contributed by atoms with Crippen molar-refractivity contribution in [2.45, 2.75) is 69.9 Å². The van der Waals surface area contributed by atoms with Crippen LogP contribution in [0.25, 0.3) is 0 Å². The number of carbonyl (C=O) groups excluding carboxylic acids is 2. The van der Waals surface area contributed by atoms with E-state index in [2.05, 4.69) is 15.7 Å². The van der Waals surface area contributed by atoms with Gasteiger partial charge in [-0.2, -0.15) is 9.40 Å². The zero-order valence-electron chi connectivity index (χ0n) is 19.8. The number of aromatic nitrogens is 2. The first kappa shape index (κ1) is 24.4. The summed E-state index contributed by atoms with van der Waals surface area (Å²) in [4.78, 5) is 25.3. The second-order valence-electron chi connectivity index (χ2n) is 9.41. The molecule has 1 aliphatic heterocycles. The Morgan fingerprint density at radius 1 is 1.09 bits per heavy atom. The summed E-state index contributed by atoms with van der Waals surface area (Å²) >= 11 is 0. The van der Waals surface area contributed by atoms with Crippen LogP contribution >= 0.6 is 0 Å². The van der Waals surface area contributed by atoms with E-state index in [9.17, 15) is 18.0 Å². The Morgan fingerprint density at radius 2 is 1.79 bits per heavy atom. The van der Waals surface area contributed by atoms with Crippen molar-refractivity contribution in [3.05, 3.63) is 41.7 Å². The topological polar surface area (TPSA) is 113 Å². The van der Waals surface area contributed by atoms with Crippen LogP contribution < -0.4 is 10.6 Å². The molecule has 0 radical (unpaired) electrons. The first-order chi connectivity index (χ1) is 16.2. The largest absolute Gasteiger partial charge is 0.352 e. The molecule has 0 unspecified atom stereocenters. The molecule has 0 atom stereocenters. The van der Waals surface area contributed by atoms with Crippen LogP contribution in [-0.4, -0.2) is 53.4 Å². The average molecular weight is 488 g/mol. The molecule has 2 aliphatic rings. The Morgan fingerprint density at radius 3 is 2.47 bits per heavy atom. The molecule has 1 aromatic carbocycles. The number of hydrogen-bond donors (Lipinski definition) is 2. The van der Waals surface area contributed by atoms with E-state index in [1.165, 1.54) is 15.2 Å². The van der Waals surface area contributed by atoms with Gasteiger partial charge in [0.1, 0.15) is 6.54 Å². The summed E-state index contributed by atoms with van der Waals surface area (Å²) < 4.78 is 29.1. The van der Waals surface area contributed by atoms with Gasteiger partial charge >= 0.3 is 0 Å². The van der Waals surface area contributed by atoms with E-state index in [1.807, 2.05) is 13.0 Å². The van der Waals surface area contributed by atoms with Gasteiger partial charge in [-0.25, -0.2) is 8.42 Å². The summed E-state index contributed by atoms with van der Waals surface area (Å²) in [6.07, 6.45) is 8.43. The first-order valence-corrected chi connectivity index (χ1v) is 13.4. The molecule has 1 aromatic heterocycles. The Balaban J connectivity index is 1.28. The number of amides is 2. The van der Waals surface area contributed by atoms with Crippen molar-refractivity contribution < 1.29 is 18.0 Å². The number of piperidine rings is 1. The summed E-state index contributed by atoms with van der Waals surface area (Å²) in [6, 6.07) is 5.58. The van der Waals surface area contributed by atoms with Crippen LogP contribution in [0.2, 0.25) is 0 Å². The van der Waals surface area contributed by atoms with Crippen molar-refractivity contribution in [1.29, 1.82) is 0 Å². The smallest absolute Gasteiger partial charge is 0.243 e. The van der Waals surface area contributed by atoms with E-state index in [-0.39, 0.29) is 30.3 Å². The van der Waals surface area contributed by atoms with Crippen molar-refractivity contribution in [2.75, 3.05) is 18.4 Å². The van der Waals surface area contributed by atoms with Crippen LogP contribution in [-0.2, 0) is 26.2 Å². The fourth-order valence-corrected chi connectivity index (χ4v) is 6.51. The van der Waals surface area contributed by atoms with Crippen molar-refractivity contribution in [1.82, 2.24) is 19.4 Å². The van der Waals surface area contributed by atoms with Crippen LogP contribution in [0.3, 0.4) is 0 Å². The van der Waals surface area contributed by atoms with Crippen LogP contribution in [0, 0.1) is 19.8 Å². The van der Waals surface area contributed by atoms with Gasteiger partial charge in [-0.3, -0.25) is 14.3 Å². The molecule has 1 saturated heterocycles. The van der Waals surface area contributed by atoms with Gasteiger partial charge in [0.2, 0.25) is 21.8 Å². The van der Waals surface area contributed by atoms with Gasteiger partial charge in [0.25, 0.3) is 0 Å². The van der Waals surface area contributed by atoms with Gasteiger partial charge in [-0.05, 0) is 51.2 Å². The van der Waals surface area contributed by atoms with Crippen LogP contribution in [0.5, 0.6) is 0 Å². The molecule has 9 nitrogen and oxygen atoms in total. The summed E-state index contributed by atoms with van der Waals surface area (Å²) in [5, 5.41) is 10.1. The number of nitrogens with zero attached hydrogens (tertiary/aromatic N) is 3. The van der Waals surface area contributed by atoms with Crippen LogP contribution in [0.4, 0.5) is 5.69 Å². The zero-order valence-corrected chi connectivity index (χ0v) is 20.6. The van der Waals surface area contributed by atoms with Crippen molar-refractivity contribution in [3.63, 3.8) is 0 Å². The van der Waals surface area contributed by atoms with E-state index in [0.717, 1.165) is 36.8 Å². The molecule has 2 fully saturated rings. The lowest BCUT2D eigenvalue weighted by Crippen LogP contribution is -2.41. The van der Waals surface area contributed by atoms with E-state index >= 15 is 0 Å². The first-order valence-electron chi connectivity index (χ1n) is 11.9. The molecule has 1 aliphatic carbocycles. The number of aryl methyl sites for hydroxylation is 2. The fourth-order valence-electron chi connectivity index (χ4n) is 4.84. The minimum Gasteiger partial charge on any atom is -0.352 e. The highest BCUT2D eigenvalue weighted by atomic mass is 32.2. The number of hydrogen-bond acceptors (Lipinski definition) is 5. The lowest BCUT2D eigenvalue weighted by Gasteiger charge is -2.30. The molecule has 4 rings (SSSR count). The molecule has 0 bridgehead atoms. The predicted molar refractivity (Wildman–Crippen MR) is 129 cm³/mol. The number of anilines is 1. The van der Waals surface area contributed by atoms with E-state index in [0.29, 0.717) is 36.5 Å². The third-order valence-corrected chi connectivity index (χ3v) is 8.76. The molecule has 2 aromatic rings. The summed E-state index contributed by atoms with van der Waals surface area (Å²) in [5.41, 5.74) is 2.28. The third-order valence-electron chi connectivity index (χ3n) is 6.70. The molecule has 1 saturated carbocycles. The minimum atomic E-state index is -3.58. The number of rotatable bonds is 7. The van der Waals surface area contributed by atoms with Gasteiger partial charge in [0, 0.05) is 31.2 Å². The quantitative estimate of drug-likeness (QED) is 0.623. The number of nitrogens with one attached hydrogen (secondary N) is 2. The maximum absolute atomic E-state index is 13.1. The molecule has 2 heterocycles. The number of carbonyl (C=O) groups is 2. The van der Waals surface area contributed by atoms with Crippen molar-refractivity contribution in [2.24, 2.45) is 5.92 Å². The SMILES string of the molecule is Cc1ccc(S(=O)(=O)N2CCC(C(=O)Nc3cnn(CC(=O)NC4CCCC4)c3)CC2)c(C)c1. The van der Waals surface area contributed by atoms with E-state index in [1.54, 1.807) is 25.3 Å². The molecular weight excluding hydrogens is 454 g/mol. The average Bonchev–Trinajstić information content (AvgIpc) is 3.45. The van der Waals surface area contributed by atoms with Gasteiger partial charge < -0.3 is 10.6 Å². The lowest BCUT2D eigenvalue weighted by atomic mass is 9.97. The minimum absolute atomic E-state index is 0.0785. The zero-order chi connectivity index (χ0) is 24.3. The van der Waals surface area contributed by atoms with Crippen molar-refractivity contribution >= 4 is 27.5 Å². The Labute approximate surface area is 201 Å². The highest BCUT2D eigenvalue weighted by Gasteiger charge is 2.33. The number of benzene rings is 1. The third kappa shape index (κ3) is 5.67. The molecule has 184 valence electrons. The summed E-state index contributed by atoms with van der Waals surface area (Å²) in [5.74, 6) is -0.511. The predicted octanol–water partition coefficient (Wildman–Crippen LogP) is 2.60. The Hall–Kier alpha value is -2.72. The Kier molecular flexibility index (Phi) is 7.37. The second kappa shape index (κ2) is 10.3. The molecule has 34 heavy (non-hydrogen) atoms. The summed E-state index contributed by atoms with van der Waals surface area (Å²) in [6.45, 7) is 4.45. The van der Waals surface area contributed by atoms with Gasteiger partial charge in [-0.1, -0.05) is 30.5 Å². The Bertz CT molecular complexity index is 1150. The van der Waals surface area contributed by atoms with E-state index < -0.39 is 10.0 Å². The number of sulfonamides is 1. The van der Waals surface area contributed by atoms with Gasteiger partial charge in [0.05, 0.1) is 16.8 Å². The van der Waals surface area contributed by atoms with Gasteiger partial charge in [-0.15, -0.1) is 0 Å². The highest BCUT2D eigenvalue weighted by Crippen LogP contribution is 2.27. The van der Waals surface area contributed by atoms with Crippen molar-refractivity contribution in [3.8, 4) is 0 Å². The van der Waals surface area contributed by atoms with E-state index in [4.69, 9.17) is 0 Å². The molecule has 10 heteroatoms. The molecular formula is C24H33N5O4S. The lowest BCUT2D eigenvalue weighted by molar-refractivity contribution is -0.122. The molecule has 2 N–H and O–H groups in total. The maximum Gasteiger partial charge on any atom is 0.243 e. The molecule has 0 spiro atoms. The van der Waals surface area contributed by atoms with Crippen LogP contribution in [0.15, 0.2) is 35.5 Å². The van der Waals surface area contributed by atoms with Crippen LogP contribution in [0.1, 0.15) is 49.7 Å². The van der Waals surface area contributed by atoms with Gasteiger partial charge in [0.15, 0.2) is 0 Å². The normalized spacial score (nSPS) is 18.2. The molecule has 2 amide bonds. The summed E-state index contributed by atoms with van der Waals surface area (Å²) in [7, 11) is -3.58. The highest BCUT2D eigenvalue weighted by molar-refractivity contribution is 7.89. The maximum atomic E-state index is 13.1. The second-order valence-corrected chi connectivity index (χ2v) is 11.3. The fraction of sp³-hybridized carbons (Fsp3) is 0.542. The standard InChI is InChI=1S/C24H33N5O4S/c1-17-7-8-22(18(2)13-17)34(32,33)29-11-9-19(10-12-29)24(31)27-21-14-25-28(15-21)16-23(30)26-20-5-3-4-6-20/h7-8,13-15,19-20H,3-6,9-12,16H2,1-2H3,(H,26,30)(H,27,31).